The first-order valence-corrected chi connectivity index (χ1v) is 9.09. The number of carbonyl (C=O) groups excluding carboxylic acids is 1. The summed E-state index contributed by atoms with van der Waals surface area (Å²) in [4.78, 5) is 14.7. The number of hydrogen-bond acceptors (Lipinski definition) is 5. The van der Waals surface area contributed by atoms with Crippen LogP contribution < -0.4 is 19.7 Å². The highest BCUT2D eigenvalue weighted by molar-refractivity contribution is 6.01. The van der Waals surface area contributed by atoms with Crippen molar-refractivity contribution in [3.05, 3.63) is 54.9 Å². The van der Waals surface area contributed by atoms with Crippen molar-refractivity contribution in [2.75, 3.05) is 31.0 Å². The average Bonchev–Trinajstić information content (AvgIpc) is 3.39. The molecule has 0 aliphatic carbocycles. The number of methoxy groups -OCH3 is 2. The van der Waals surface area contributed by atoms with Gasteiger partial charge in [-0.2, -0.15) is 5.10 Å². The number of H-pyrrole nitrogens is 1. The Morgan fingerprint density at radius 2 is 1.93 bits per heavy atom. The molecule has 1 aromatic heterocycles. The maximum absolute atomic E-state index is 12.9. The van der Waals surface area contributed by atoms with Crippen molar-refractivity contribution in [1.29, 1.82) is 0 Å². The van der Waals surface area contributed by atoms with E-state index in [0.717, 1.165) is 28.9 Å². The van der Waals surface area contributed by atoms with Gasteiger partial charge in [-0.05, 0) is 36.2 Å². The van der Waals surface area contributed by atoms with Crippen molar-refractivity contribution in [3.63, 3.8) is 0 Å². The molecule has 0 spiro atoms. The van der Waals surface area contributed by atoms with Crippen molar-refractivity contribution < 1.29 is 14.3 Å². The smallest absolute Gasteiger partial charge is 0.249 e. The molecule has 7 nitrogen and oxygen atoms in total. The van der Waals surface area contributed by atoms with Gasteiger partial charge in [0.05, 0.1) is 26.1 Å². The topological polar surface area (TPSA) is 79.5 Å². The first-order chi connectivity index (χ1) is 13.7. The minimum atomic E-state index is -0.296. The quantitative estimate of drug-likeness (QED) is 0.688. The second kappa shape index (κ2) is 7.64. The largest absolute Gasteiger partial charge is 0.497 e. The Morgan fingerprint density at radius 3 is 2.61 bits per heavy atom. The highest BCUT2D eigenvalue weighted by atomic mass is 16.5. The van der Waals surface area contributed by atoms with E-state index in [1.165, 1.54) is 0 Å². The molecular formula is C21H22N4O3. The average molecular weight is 378 g/mol. The summed E-state index contributed by atoms with van der Waals surface area (Å²) in [5.74, 6) is 1.41. The Hall–Kier alpha value is -3.48. The number of aromatic amines is 1. The Morgan fingerprint density at radius 1 is 1.11 bits per heavy atom. The van der Waals surface area contributed by atoms with Crippen LogP contribution in [0.15, 0.2) is 54.9 Å². The SMILES string of the molecule is COc1ccc(NC2CCN(c3ccc(-c4cn[nH]c4)cc3)C2=O)c(OC)c1. The Labute approximate surface area is 163 Å². The number of carbonyl (C=O) groups is 1. The summed E-state index contributed by atoms with van der Waals surface area (Å²) < 4.78 is 10.6. The first kappa shape index (κ1) is 17.9. The summed E-state index contributed by atoms with van der Waals surface area (Å²) in [6.45, 7) is 0.667. The van der Waals surface area contributed by atoms with Gasteiger partial charge in [-0.1, -0.05) is 12.1 Å². The Bertz CT molecular complexity index is 954. The van der Waals surface area contributed by atoms with Crippen LogP contribution in [-0.2, 0) is 4.79 Å². The highest BCUT2D eigenvalue weighted by Crippen LogP contribution is 2.32. The molecule has 4 rings (SSSR count). The maximum Gasteiger partial charge on any atom is 0.249 e. The third-order valence-corrected chi connectivity index (χ3v) is 4.95. The van der Waals surface area contributed by atoms with Crippen LogP contribution in [0.5, 0.6) is 11.5 Å². The number of benzene rings is 2. The van der Waals surface area contributed by atoms with Gasteiger partial charge in [0.25, 0.3) is 0 Å². The third-order valence-electron chi connectivity index (χ3n) is 4.95. The van der Waals surface area contributed by atoms with Crippen molar-refractivity contribution in [2.24, 2.45) is 0 Å². The molecule has 0 bridgehead atoms. The Kier molecular flexibility index (Phi) is 4.89. The first-order valence-electron chi connectivity index (χ1n) is 9.09. The van der Waals surface area contributed by atoms with E-state index >= 15 is 0 Å². The molecule has 3 aromatic rings. The van der Waals surface area contributed by atoms with Crippen molar-refractivity contribution >= 4 is 17.3 Å². The van der Waals surface area contributed by atoms with Gasteiger partial charge >= 0.3 is 0 Å². The van der Waals surface area contributed by atoms with E-state index < -0.39 is 0 Å². The normalized spacial score (nSPS) is 16.3. The van der Waals surface area contributed by atoms with Crippen molar-refractivity contribution in [3.8, 4) is 22.6 Å². The Balaban J connectivity index is 1.48. The summed E-state index contributed by atoms with van der Waals surface area (Å²) in [6.07, 6.45) is 4.34. The second-order valence-corrected chi connectivity index (χ2v) is 6.58. The molecular weight excluding hydrogens is 356 g/mol. The second-order valence-electron chi connectivity index (χ2n) is 6.58. The molecule has 2 N–H and O–H groups in total. The van der Waals surface area contributed by atoms with Gasteiger partial charge in [0.15, 0.2) is 0 Å². The van der Waals surface area contributed by atoms with E-state index in [0.29, 0.717) is 18.0 Å². The summed E-state index contributed by atoms with van der Waals surface area (Å²) in [5.41, 5.74) is 3.74. The van der Waals surface area contributed by atoms with Crippen molar-refractivity contribution in [2.45, 2.75) is 12.5 Å². The molecule has 1 aliphatic heterocycles. The summed E-state index contributed by atoms with van der Waals surface area (Å²) >= 11 is 0. The standard InChI is InChI=1S/C21H22N4O3/c1-27-17-7-8-18(20(11-17)28-2)24-19-9-10-25(21(19)26)16-5-3-14(4-6-16)15-12-22-23-13-15/h3-8,11-13,19,24H,9-10H2,1-2H3,(H,22,23). The summed E-state index contributed by atoms with van der Waals surface area (Å²) in [5, 5.41) is 10.1. The van der Waals surface area contributed by atoms with Gasteiger partial charge in [-0.25, -0.2) is 0 Å². The molecule has 144 valence electrons. The third kappa shape index (κ3) is 3.38. The molecule has 1 amide bonds. The molecule has 2 aromatic carbocycles. The van der Waals surface area contributed by atoms with Gasteiger partial charge in [0.2, 0.25) is 5.91 Å². The monoisotopic (exact) mass is 378 g/mol. The molecule has 2 heterocycles. The van der Waals surface area contributed by atoms with Crippen LogP contribution in [0.2, 0.25) is 0 Å². The molecule has 1 fully saturated rings. The van der Waals surface area contributed by atoms with Gasteiger partial charge in [0, 0.05) is 30.1 Å². The van der Waals surface area contributed by atoms with E-state index in [1.807, 2.05) is 47.5 Å². The highest BCUT2D eigenvalue weighted by Gasteiger charge is 2.33. The predicted molar refractivity (Wildman–Crippen MR) is 108 cm³/mol. The van der Waals surface area contributed by atoms with Gasteiger partial charge in [-0.3, -0.25) is 9.89 Å². The van der Waals surface area contributed by atoms with E-state index in [9.17, 15) is 4.79 Å². The van der Waals surface area contributed by atoms with Gasteiger partial charge < -0.3 is 19.7 Å². The number of anilines is 2. The zero-order valence-corrected chi connectivity index (χ0v) is 15.8. The molecule has 7 heteroatoms. The van der Waals surface area contributed by atoms with E-state index in [-0.39, 0.29) is 11.9 Å². The molecule has 1 unspecified atom stereocenters. The van der Waals surface area contributed by atoms with Crippen LogP contribution in [0.25, 0.3) is 11.1 Å². The molecule has 1 aliphatic rings. The zero-order valence-electron chi connectivity index (χ0n) is 15.8. The summed E-state index contributed by atoms with van der Waals surface area (Å²) in [6, 6.07) is 13.2. The van der Waals surface area contributed by atoms with Crippen LogP contribution >= 0.6 is 0 Å². The molecule has 28 heavy (non-hydrogen) atoms. The molecule has 1 atom stereocenters. The van der Waals surface area contributed by atoms with Crippen LogP contribution in [0.4, 0.5) is 11.4 Å². The van der Waals surface area contributed by atoms with Gasteiger partial charge in [0.1, 0.15) is 17.5 Å². The molecule has 0 saturated carbocycles. The van der Waals surface area contributed by atoms with E-state index in [4.69, 9.17) is 9.47 Å². The number of ether oxygens (including phenoxy) is 2. The van der Waals surface area contributed by atoms with Crippen LogP contribution in [0.1, 0.15) is 6.42 Å². The van der Waals surface area contributed by atoms with Crippen LogP contribution in [0.3, 0.4) is 0 Å². The number of amides is 1. The predicted octanol–water partition coefficient (Wildman–Crippen LogP) is 3.31. The fraction of sp³-hybridized carbons (Fsp3) is 0.238. The van der Waals surface area contributed by atoms with E-state index in [1.54, 1.807) is 26.5 Å². The lowest BCUT2D eigenvalue weighted by molar-refractivity contribution is -0.117. The molecule has 1 saturated heterocycles. The lowest BCUT2D eigenvalue weighted by atomic mass is 10.1. The van der Waals surface area contributed by atoms with Crippen LogP contribution in [0, 0.1) is 0 Å². The van der Waals surface area contributed by atoms with Gasteiger partial charge in [-0.15, -0.1) is 0 Å². The number of hydrogen-bond donors (Lipinski definition) is 2. The number of nitrogens with one attached hydrogen (secondary N) is 2. The number of rotatable bonds is 6. The van der Waals surface area contributed by atoms with Crippen LogP contribution in [-0.4, -0.2) is 42.9 Å². The number of aromatic nitrogens is 2. The summed E-state index contributed by atoms with van der Waals surface area (Å²) in [7, 11) is 3.21. The zero-order chi connectivity index (χ0) is 19.5. The fourth-order valence-corrected chi connectivity index (χ4v) is 3.42. The lowest BCUT2D eigenvalue weighted by Gasteiger charge is -2.19. The fourth-order valence-electron chi connectivity index (χ4n) is 3.42. The maximum atomic E-state index is 12.9. The van der Waals surface area contributed by atoms with E-state index in [2.05, 4.69) is 15.5 Å². The lowest BCUT2D eigenvalue weighted by Crippen LogP contribution is -2.33. The minimum absolute atomic E-state index is 0.0499. The number of nitrogens with zero attached hydrogens (tertiary/aromatic N) is 2. The van der Waals surface area contributed by atoms with Crippen molar-refractivity contribution in [1.82, 2.24) is 10.2 Å². The minimum Gasteiger partial charge on any atom is -0.497 e. The molecule has 0 radical (unpaired) electrons.